The van der Waals surface area contributed by atoms with Crippen molar-refractivity contribution in [3.05, 3.63) is 64.4 Å². The Morgan fingerprint density at radius 1 is 1.03 bits per heavy atom. The molecule has 2 aromatic carbocycles. The molecule has 162 valence electrons. The highest BCUT2D eigenvalue weighted by molar-refractivity contribution is 7.89. The second kappa shape index (κ2) is 8.93. The van der Waals surface area contributed by atoms with Gasteiger partial charge in [-0.1, -0.05) is 29.8 Å². The molecular formula is C19H18ClF3N2O4S. The molecule has 3 rings (SSSR count). The fourth-order valence-corrected chi connectivity index (χ4v) is 5.05. The SMILES string of the molecule is COC(=O)C(c1ccccc1Cl)N1CCN(S(=O)(=O)c2ccc(F)c(F)c2F)CC1. The average Bonchev–Trinajstić information content (AvgIpc) is 2.73. The van der Waals surface area contributed by atoms with Crippen molar-refractivity contribution in [1.29, 1.82) is 0 Å². The molecule has 1 aliphatic heterocycles. The number of hydrogen-bond acceptors (Lipinski definition) is 5. The number of piperazine rings is 1. The molecule has 0 aliphatic carbocycles. The van der Waals surface area contributed by atoms with Gasteiger partial charge in [0.05, 0.1) is 7.11 Å². The smallest absolute Gasteiger partial charge is 0.327 e. The Kier molecular flexibility index (Phi) is 6.71. The van der Waals surface area contributed by atoms with Gasteiger partial charge in [-0.2, -0.15) is 4.31 Å². The van der Waals surface area contributed by atoms with Crippen molar-refractivity contribution in [3.63, 3.8) is 0 Å². The highest BCUT2D eigenvalue weighted by atomic mass is 35.5. The Balaban J connectivity index is 1.83. The topological polar surface area (TPSA) is 66.9 Å². The van der Waals surface area contributed by atoms with Gasteiger partial charge in [0.25, 0.3) is 0 Å². The summed E-state index contributed by atoms with van der Waals surface area (Å²) in [7, 11) is -3.16. The Morgan fingerprint density at radius 2 is 1.67 bits per heavy atom. The predicted octanol–water partition coefficient (Wildman–Crippen LogP) is 2.98. The maximum atomic E-state index is 14.0. The highest BCUT2D eigenvalue weighted by Gasteiger charge is 2.37. The third-order valence-corrected chi connectivity index (χ3v) is 7.14. The van der Waals surface area contributed by atoms with Gasteiger partial charge in [-0.3, -0.25) is 4.90 Å². The first-order chi connectivity index (χ1) is 14.2. The van der Waals surface area contributed by atoms with Crippen LogP contribution in [0.15, 0.2) is 41.3 Å². The van der Waals surface area contributed by atoms with E-state index in [0.717, 1.165) is 4.31 Å². The standard InChI is InChI=1S/C19H18ClF3N2O4S/c1-29-19(26)18(12-4-2-3-5-13(12)20)24-8-10-25(11-9-24)30(27,28)15-7-6-14(21)16(22)17(15)23/h2-7,18H,8-11H2,1H3. The Hall–Kier alpha value is -2.14. The van der Waals surface area contributed by atoms with Crippen molar-refractivity contribution in [3.8, 4) is 0 Å². The molecule has 0 bridgehead atoms. The number of carbonyl (C=O) groups is 1. The van der Waals surface area contributed by atoms with E-state index in [1.807, 2.05) is 0 Å². The van der Waals surface area contributed by atoms with Crippen LogP contribution in [0.4, 0.5) is 13.2 Å². The van der Waals surface area contributed by atoms with Crippen molar-refractivity contribution in [2.75, 3.05) is 33.3 Å². The first-order valence-corrected chi connectivity index (χ1v) is 10.7. The van der Waals surface area contributed by atoms with E-state index >= 15 is 0 Å². The minimum Gasteiger partial charge on any atom is -0.468 e. The molecule has 6 nitrogen and oxygen atoms in total. The predicted molar refractivity (Wildman–Crippen MR) is 103 cm³/mol. The fraction of sp³-hybridized carbons (Fsp3) is 0.316. The molecule has 1 fully saturated rings. The van der Waals surface area contributed by atoms with Crippen LogP contribution in [-0.2, 0) is 19.6 Å². The number of nitrogens with zero attached hydrogens (tertiary/aromatic N) is 2. The number of esters is 1. The Morgan fingerprint density at radius 3 is 2.27 bits per heavy atom. The number of carbonyl (C=O) groups excluding carboxylic acids is 1. The molecule has 1 aliphatic rings. The zero-order chi connectivity index (χ0) is 22.1. The second-order valence-corrected chi connectivity index (χ2v) is 8.87. The monoisotopic (exact) mass is 462 g/mol. The lowest BCUT2D eigenvalue weighted by Crippen LogP contribution is -2.51. The number of rotatable bonds is 5. The average molecular weight is 463 g/mol. The van der Waals surface area contributed by atoms with Gasteiger partial charge in [0.15, 0.2) is 17.5 Å². The normalized spacial score (nSPS) is 17.0. The van der Waals surface area contributed by atoms with Crippen molar-refractivity contribution < 1.29 is 31.1 Å². The van der Waals surface area contributed by atoms with E-state index < -0.39 is 44.4 Å². The van der Waals surface area contributed by atoms with Crippen molar-refractivity contribution >= 4 is 27.6 Å². The minimum atomic E-state index is -4.40. The molecule has 0 aromatic heterocycles. The molecular weight excluding hydrogens is 445 g/mol. The van der Waals surface area contributed by atoms with E-state index in [1.54, 1.807) is 29.2 Å². The van der Waals surface area contributed by atoms with E-state index in [2.05, 4.69) is 0 Å². The zero-order valence-corrected chi connectivity index (χ0v) is 17.4. The van der Waals surface area contributed by atoms with Crippen LogP contribution in [0.2, 0.25) is 5.02 Å². The third kappa shape index (κ3) is 4.18. The van der Waals surface area contributed by atoms with Crippen LogP contribution in [0, 0.1) is 17.5 Å². The number of benzene rings is 2. The highest BCUT2D eigenvalue weighted by Crippen LogP contribution is 2.31. The molecule has 0 saturated carbocycles. The largest absolute Gasteiger partial charge is 0.468 e. The molecule has 2 aromatic rings. The number of sulfonamides is 1. The molecule has 30 heavy (non-hydrogen) atoms. The number of ether oxygens (including phenoxy) is 1. The molecule has 0 spiro atoms. The van der Waals surface area contributed by atoms with Gasteiger partial charge >= 0.3 is 5.97 Å². The Labute approximate surface area is 176 Å². The first-order valence-electron chi connectivity index (χ1n) is 8.88. The summed E-state index contributed by atoms with van der Waals surface area (Å²) in [5, 5.41) is 0.354. The second-order valence-electron chi connectivity index (χ2n) is 6.56. The summed E-state index contributed by atoms with van der Waals surface area (Å²) in [4.78, 5) is 13.2. The van der Waals surface area contributed by atoms with Gasteiger partial charge in [0.1, 0.15) is 10.9 Å². The number of methoxy groups -OCH3 is 1. The summed E-state index contributed by atoms with van der Waals surface area (Å²) in [5.74, 6) is -5.65. The first kappa shape index (κ1) is 22.5. The van der Waals surface area contributed by atoms with Crippen LogP contribution in [0.25, 0.3) is 0 Å². The summed E-state index contributed by atoms with van der Waals surface area (Å²) in [6.45, 7) is 0.0163. The summed E-state index contributed by atoms with van der Waals surface area (Å²) in [6, 6.07) is 7.12. The van der Waals surface area contributed by atoms with Crippen LogP contribution in [-0.4, -0.2) is 56.9 Å². The van der Waals surface area contributed by atoms with Crippen molar-refractivity contribution in [2.45, 2.75) is 10.9 Å². The molecule has 0 N–H and O–H groups in total. The fourth-order valence-electron chi connectivity index (χ4n) is 3.33. The van der Waals surface area contributed by atoms with Gasteiger partial charge in [-0.05, 0) is 23.8 Å². The van der Waals surface area contributed by atoms with Gasteiger partial charge in [-0.15, -0.1) is 0 Å². The van der Waals surface area contributed by atoms with Gasteiger partial charge in [0, 0.05) is 31.2 Å². The molecule has 1 unspecified atom stereocenters. The summed E-state index contributed by atoms with van der Waals surface area (Å²) >= 11 is 6.22. The maximum absolute atomic E-state index is 14.0. The van der Waals surface area contributed by atoms with Crippen molar-refractivity contribution in [1.82, 2.24) is 9.21 Å². The molecule has 11 heteroatoms. The zero-order valence-electron chi connectivity index (χ0n) is 15.8. The van der Waals surface area contributed by atoms with Crippen molar-refractivity contribution in [2.24, 2.45) is 0 Å². The van der Waals surface area contributed by atoms with Gasteiger partial charge in [0.2, 0.25) is 10.0 Å². The van der Waals surface area contributed by atoms with Gasteiger partial charge < -0.3 is 4.74 Å². The summed E-state index contributed by atoms with van der Waals surface area (Å²) < 4.78 is 72.0. The molecule has 1 atom stereocenters. The number of hydrogen-bond donors (Lipinski definition) is 0. The minimum absolute atomic E-state index is 0.0985. The third-order valence-electron chi connectivity index (χ3n) is 4.88. The molecule has 1 saturated heterocycles. The van der Waals surface area contributed by atoms with E-state index in [0.29, 0.717) is 22.7 Å². The molecule has 1 heterocycles. The lowest BCUT2D eigenvalue weighted by atomic mass is 10.0. The maximum Gasteiger partial charge on any atom is 0.327 e. The van der Waals surface area contributed by atoms with E-state index in [4.69, 9.17) is 16.3 Å². The lowest BCUT2D eigenvalue weighted by molar-refractivity contribution is -0.147. The lowest BCUT2D eigenvalue weighted by Gasteiger charge is -2.37. The molecule has 0 radical (unpaired) electrons. The van der Waals surface area contributed by atoms with Crippen LogP contribution in [0.1, 0.15) is 11.6 Å². The van der Waals surface area contributed by atoms with Crippen LogP contribution in [0.3, 0.4) is 0 Å². The quantitative estimate of drug-likeness (QED) is 0.505. The Bertz CT molecular complexity index is 1060. The van der Waals surface area contributed by atoms with E-state index in [-0.39, 0.29) is 26.2 Å². The summed E-state index contributed by atoms with van der Waals surface area (Å²) in [6.07, 6.45) is 0. The van der Waals surface area contributed by atoms with Gasteiger partial charge in [-0.25, -0.2) is 26.4 Å². The number of halogens is 4. The molecule has 0 amide bonds. The van der Waals surface area contributed by atoms with Crippen LogP contribution in [0.5, 0.6) is 0 Å². The van der Waals surface area contributed by atoms with Crippen LogP contribution < -0.4 is 0 Å². The van der Waals surface area contributed by atoms with E-state index in [9.17, 15) is 26.4 Å². The van der Waals surface area contributed by atoms with Crippen LogP contribution >= 0.6 is 11.6 Å². The van der Waals surface area contributed by atoms with E-state index in [1.165, 1.54) is 7.11 Å². The summed E-state index contributed by atoms with van der Waals surface area (Å²) in [5.41, 5.74) is 0.508.